The SMILES string of the molecule is COc1cccc([C@@H](C)NC(=O)c2cc(Br)ccc2N)c1. The number of ether oxygens (including phenoxy) is 1. The fourth-order valence-electron chi connectivity index (χ4n) is 1.99. The van der Waals surface area contributed by atoms with Crippen molar-refractivity contribution in [3.05, 3.63) is 58.1 Å². The van der Waals surface area contributed by atoms with E-state index in [9.17, 15) is 4.79 Å². The molecule has 1 atom stereocenters. The first-order chi connectivity index (χ1) is 10.0. The molecule has 0 unspecified atom stereocenters. The highest BCUT2D eigenvalue weighted by Gasteiger charge is 2.14. The molecule has 0 heterocycles. The zero-order valence-electron chi connectivity index (χ0n) is 11.9. The first-order valence-electron chi connectivity index (χ1n) is 6.51. The molecule has 0 fully saturated rings. The zero-order chi connectivity index (χ0) is 15.4. The van der Waals surface area contributed by atoms with Crippen LogP contribution in [0.15, 0.2) is 46.9 Å². The molecule has 0 aliphatic carbocycles. The largest absolute Gasteiger partial charge is 0.497 e. The van der Waals surface area contributed by atoms with Crippen molar-refractivity contribution in [3.8, 4) is 5.75 Å². The van der Waals surface area contributed by atoms with Crippen molar-refractivity contribution in [1.29, 1.82) is 0 Å². The molecule has 1 amide bonds. The number of carbonyl (C=O) groups excluding carboxylic acids is 1. The first kappa shape index (κ1) is 15.4. The predicted octanol–water partition coefficient (Wildman–Crippen LogP) is 3.53. The number of anilines is 1. The maximum absolute atomic E-state index is 12.3. The number of nitrogens with one attached hydrogen (secondary N) is 1. The van der Waals surface area contributed by atoms with E-state index in [2.05, 4.69) is 21.2 Å². The van der Waals surface area contributed by atoms with E-state index in [4.69, 9.17) is 10.5 Å². The Labute approximate surface area is 132 Å². The lowest BCUT2D eigenvalue weighted by Gasteiger charge is -2.16. The number of nitrogens with two attached hydrogens (primary N) is 1. The monoisotopic (exact) mass is 348 g/mol. The Morgan fingerprint density at radius 1 is 1.29 bits per heavy atom. The first-order valence-corrected chi connectivity index (χ1v) is 7.30. The highest BCUT2D eigenvalue weighted by molar-refractivity contribution is 9.10. The van der Waals surface area contributed by atoms with E-state index in [-0.39, 0.29) is 11.9 Å². The third kappa shape index (κ3) is 3.76. The van der Waals surface area contributed by atoms with E-state index in [0.717, 1.165) is 15.8 Å². The van der Waals surface area contributed by atoms with Crippen LogP contribution >= 0.6 is 15.9 Å². The maximum atomic E-state index is 12.3. The van der Waals surface area contributed by atoms with Crippen molar-refractivity contribution in [2.24, 2.45) is 0 Å². The molecule has 4 nitrogen and oxygen atoms in total. The second-order valence-electron chi connectivity index (χ2n) is 4.70. The Morgan fingerprint density at radius 3 is 2.76 bits per heavy atom. The smallest absolute Gasteiger partial charge is 0.253 e. The summed E-state index contributed by atoms with van der Waals surface area (Å²) in [6.45, 7) is 1.92. The van der Waals surface area contributed by atoms with Crippen molar-refractivity contribution >= 4 is 27.5 Å². The highest BCUT2D eigenvalue weighted by atomic mass is 79.9. The third-order valence-corrected chi connectivity index (χ3v) is 3.69. The number of rotatable bonds is 4. The van der Waals surface area contributed by atoms with E-state index >= 15 is 0 Å². The fourth-order valence-corrected chi connectivity index (χ4v) is 2.35. The molecule has 3 N–H and O–H groups in total. The quantitative estimate of drug-likeness (QED) is 0.830. The summed E-state index contributed by atoms with van der Waals surface area (Å²) < 4.78 is 6.01. The van der Waals surface area contributed by atoms with Gasteiger partial charge in [-0.25, -0.2) is 0 Å². The minimum Gasteiger partial charge on any atom is -0.497 e. The lowest BCUT2D eigenvalue weighted by molar-refractivity contribution is 0.0940. The van der Waals surface area contributed by atoms with Gasteiger partial charge in [-0.15, -0.1) is 0 Å². The van der Waals surface area contributed by atoms with E-state index in [0.29, 0.717) is 11.3 Å². The van der Waals surface area contributed by atoms with Gasteiger partial charge in [0.25, 0.3) is 5.91 Å². The van der Waals surface area contributed by atoms with Crippen LogP contribution in [0.1, 0.15) is 28.9 Å². The van der Waals surface area contributed by atoms with Crippen molar-refractivity contribution in [3.63, 3.8) is 0 Å². The van der Waals surface area contributed by atoms with E-state index < -0.39 is 0 Å². The van der Waals surface area contributed by atoms with Gasteiger partial charge in [0.2, 0.25) is 0 Å². The van der Waals surface area contributed by atoms with Crippen LogP contribution in [0.5, 0.6) is 5.75 Å². The molecule has 21 heavy (non-hydrogen) atoms. The zero-order valence-corrected chi connectivity index (χ0v) is 13.5. The van der Waals surface area contributed by atoms with Crippen LogP contribution in [-0.4, -0.2) is 13.0 Å². The molecule has 2 aromatic carbocycles. The van der Waals surface area contributed by atoms with E-state index in [1.807, 2.05) is 31.2 Å². The van der Waals surface area contributed by atoms with Gasteiger partial charge < -0.3 is 15.8 Å². The van der Waals surface area contributed by atoms with Crippen molar-refractivity contribution in [2.75, 3.05) is 12.8 Å². The van der Waals surface area contributed by atoms with Gasteiger partial charge in [0.15, 0.2) is 0 Å². The lowest BCUT2D eigenvalue weighted by Crippen LogP contribution is -2.27. The Bertz CT molecular complexity index is 658. The molecular formula is C16H17BrN2O2. The number of halogens is 1. The van der Waals surface area contributed by atoms with E-state index in [1.54, 1.807) is 25.3 Å². The van der Waals surface area contributed by atoms with Gasteiger partial charge in [-0.05, 0) is 42.8 Å². The van der Waals surface area contributed by atoms with Crippen LogP contribution < -0.4 is 15.8 Å². The van der Waals surface area contributed by atoms with Crippen LogP contribution in [0, 0.1) is 0 Å². The summed E-state index contributed by atoms with van der Waals surface area (Å²) in [5, 5.41) is 2.94. The fraction of sp³-hybridized carbons (Fsp3) is 0.188. The molecule has 0 spiro atoms. The number of amides is 1. The Morgan fingerprint density at radius 2 is 2.05 bits per heavy atom. The molecule has 0 saturated carbocycles. The van der Waals surface area contributed by atoms with Gasteiger partial charge in [0.05, 0.1) is 18.7 Å². The molecule has 5 heteroatoms. The molecule has 0 aliphatic heterocycles. The summed E-state index contributed by atoms with van der Waals surface area (Å²) >= 11 is 3.34. The minimum absolute atomic E-state index is 0.147. The van der Waals surface area contributed by atoms with Crippen LogP contribution in [-0.2, 0) is 0 Å². The predicted molar refractivity (Wildman–Crippen MR) is 87.4 cm³/mol. The molecule has 2 rings (SSSR count). The number of carbonyl (C=O) groups is 1. The second-order valence-corrected chi connectivity index (χ2v) is 5.62. The van der Waals surface area contributed by atoms with Crippen molar-refractivity contribution < 1.29 is 9.53 Å². The van der Waals surface area contributed by atoms with Crippen LogP contribution in [0.2, 0.25) is 0 Å². The van der Waals surface area contributed by atoms with Gasteiger partial charge in [-0.2, -0.15) is 0 Å². The average Bonchev–Trinajstić information content (AvgIpc) is 2.49. The summed E-state index contributed by atoms with van der Waals surface area (Å²) in [6, 6.07) is 12.7. The van der Waals surface area contributed by atoms with Gasteiger partial charge in [-0.1, -0.05) is 28.1 Å². The number of nitrogen functional groups attached to an aromatic ring is 1. The van der Waals surface area contributed by atoms with Crippen molar-refractivity contribution in [1.82, 2.24) is 5.32 Å². The number of hydrogen-bond acceptors (Lipinski definition) is 3. The number of hydrogen-bond donors (Lipinski definition) is 2. The van der Waals surface area contributed by atoms with Crippen LogP contribution in [0.3, 0.4) is 0 Å². The van der Waals surface area contributed by atoms with Crippen LogP contribution in [0.4, 0.5) is 5.69 Å². The standard InChI is InChI=1S/C16H17BrN2O2/c1-10(11-4-3-5-13(8-11)21-2)19-16(20)14-9-12(17)6-7-15(14)18/h3-10H,18H2,1-2H3,(H,19,20)/t10-/m1/s1. The topological polar surface area (TPSA) is 64.3 Å². The average molecular weight is 349 g/mol. The summed E-state index contributed by atoms with van der Waals surface area (Å²) in [5.74, 6) is 0.555. The molecule has 0 saturated heterocycles. The lowest BCUT2D eigenvalue weighted by atomic mass is 10.1. The third-order valence-electron chi connectivity index (χ3n) is 3.20. The molecule has 2 aromatic rings. The van der Waals surface area contributed by atoms with Gasteiger partial charge in [0, 0.05) is 10.2 Å². The summed E-state index contributed by atoms with van der Waals surface area (Å²) in [6.07, 6.45) is 0. The number of methoxy groups -OCH3 is 1. The molecule has 0 aliphatic rings. The number of benzene rings is 2. The molecule has 0 radical (unpaired) electrons. The Hall–Kier alpha value is -2.01. The van der Waals surface area contributed by atoms with Gasteiger partial charge >= 0.3 is 0 Å². The van der Waals surface area contributed by atoms with E-state index in [1.165, 1.54) is 0 Å². The minimum atomic E-state index is -0.205. The molecule has 0 bridgehead atoms. The molecule has 110 valence electrons. The normalized spacial score (nSPS) is 11.8. The van der Waals surface area contributed by atoms with Gasteiger partial charge in [0.1, 0.15) is 5.75 Å². The van der Waals surface area contributed by atoms with Crippen LogP contribution in [0.25, 0.3) is 0 Å². The second kappa shape index (κ2) is 6.63. The van der Waals surface area contributed by atoms with Crippen molar-refractivity contribution in [2.45, 2.75) is 13.0 Å². The summed E-state index contributed by atoms with van der Waals surface area (Å²) in [4.78, 5) is 12.3. The molecule has 0 aromatic heterocycles. The Kier molecular flexibility index (Phi) is 4.85. The Balaban J connectivity index is 2.16. The maximum Gasteiger partial charge on any atom is 0.253 e. The summed E-state index contributed by atoms with van der Waals surface area (Å²) in [7, 11) is 1.62. The van der Waals surface area contributed by atoms with Gasteiger partial charge in [-0.3, -0.25) is 4.79 Å². The summed E-state index contributed by atoms with van der Waals surface area (Å²) in [5.41, 5.74) is 7.73. The molecular weight excluding hydrogens is 332 g/mol. The highest BCUT2D eigenvalue weighted by Crippen LogP contribution is 2.21.